The van der Waals surface area contributed by atoms with Gasteiger partial charge in [0.25, 0.3) is 15.9 Å². The third-order valence-corrected chi connectivity index (χ3v) is 5.28. The van der Waals surface area contributed by atoms with Crippen LogP contribution in [0.2, 0.25) is 5.02 Å². The summed E-state index contributed by atoms with van der Waals surface area (Å²) in [7, 11) is -3.89. The second kappa shape index (κ2) is 7.69. The fraction of sp³-hybridized carbons (Fsp3) is 0. The Morgan fingerprint density at radius 2 is 1.63 bits per heavy atom. The van der Waals surface area contributed by atoms with Crippen LogP contribution in [0.1, 0.15) is 10.4 Å². The van der Waals surface area contributed by atoms with Crippen LogP contribution in [0.4, 0.5) is 11.4 Å². The van der Waals surface area contributed by atoms with E-state index >= 15 is 0 Å². The van der Waals surface area contributed by atoms with Gasteiger partial charge in [0, 0.05) is 16.8 Å². The molecular weight excluding hydrogens is 388 g/mol. The maximum absolute atomic E-state index is 12.6. The first-order valence-corrected chi connectivity index (χ1v) is 9.69. The van der Waals surface area contributed by atoms with Crippen LogP contribution in [0.3, 0.4) is 0 Å². The Labute approximate surface area is 161 Å². The van der Waals surface area contributed by atoms with Gasteiger partial charge in [-0.05, 0) is 48.5 Å². The number of nitrogens with one attached hydrogen (secondary N) is 2. The second-order valence-electron chi connectivity index (χ2n) is 5.61. The number of halogens is 1. The van der Waals surface area contributed by atoms with Crippen LogP contribution >= 0.6 is 11.6 Å². The number of hydrogen-bond donors (Lipinski definition) is 3. The number of amides is 1. The van der Waals surface area contributed by atoms with Gasteiger partial charge in [-0.15, -0.1) is 0 Å². The van der Waals surface area contributed by atoms with Crippen molar-refractivity contribution in [1.82, 2.24) is 0 Å². The van der Waals surface area contributed by atoms with Gasteiger partial charge in [0.15, 0.2) is 0 Å². The van der Waals surface area contributed by atoms with Crippen LogP contribution in [-0.4, -0.2) is 19.4 Å². The minimum absolute atomic E-state index is 0.00419. The zero-order chi connectivity index (χ0) is 19.4. The molecule has 0 aliphatic carbocycles. The molecule has 27 heavy (non-hydrogen) atoms. The largest absolute Gasteiger partial charge is 0.508 e. The number of carbonyl (C=O) groups is 1. The molecule has 3 rings (SSSR count). The third-order valence-electron chi connectivity index (χ3n) is 3.64. The minimum atomic E-state index is -3.89. The Hall–Kier alpha value is -3.03. The number of anilines is 2. The smallest absolute Gasteiger partial charge is 0.261 e. The number of carbonyl (C=O) groups excluding carboxylic acids is 1. The van der Waals surface area contributed by atoms with Gasteiger partial charge in [-0.25, -0.2) is 8.42 Å². The van der Waals surface area contributed by atoms with E-state index in [9.17, 15) is 18.3 Å². The molecule has 0 fully saturated rings. The van der Waals surface area contributed by atoms with Crippen molar-refractivity contribution in [3.05, 3.63) is 83.4 Å². The summed E-state index contributed by atoms with van der Waals surface area (Å²) in [6.45, 7) is 0. The zero-order valence-electron chi connectivity index (χ0n) is 13.9. The molecule has 3 N–H and O–H groups in total. The molecule has 0 aliphatic rings. The van der Waals surface area contributed by atoms with E-state index in [0.29, 0.717) is 10.7 Å². The van der Waals surface area contributed by atoms with Crippen molar-refractivity contribution in [2.24, 2.45) is 0 Å². The molecule has 0 atom stereocenters. The van der Waals surface area contributed by atoms with Crippen molar-refractivity contribution < 1.29 is 18.3 Å². The summed E-state index contributed by atoms with van der Waals surface area (Å²) >= 11 is 5.79. The Balaban J connectivity index is 1.87. The summed E-state index contributed by atoms with van der Waals surface area (Å²) in [4.78, 5) is 12.6. The average molecular weight is 403 g/mol. The molecule has 0 radical (unpaired) electrons. The van der Waals surface area contributed by atoms with Crippen molar-refractivity contribution in [2.75, 3.05) is 10.0 Å². The van der Waals surface area contributed by atoms with Gasteiger partial charge >= 0.3 is 0 Å². The summed E-state index contributed by atoms with van der Waals surface area (Å²) in [5.74, 6) is -0.514. The van der Waals surface area contributed by atoms with Crippen LogP contribution < -0.4 is 10.0 Å². The molecule has 0 aromatic heterocycles. The summed E-state index contributed by atoms with van der Waals surface area (Å²) in [6, 6.07) is 18.0. The van der Waals surface area contributed by atoms with Gasteiger partial charge in [-0.1, -0.05) is 29.8 Å². The van der Waals surface area contributed by atoms with Crippen LogP contribution in [0.25, 0.3) is 0 Å². The van der Waals surface area contributed by atoms with Crippen LogP contribution in [0, 0.1) is 0 Å². The number of phenols is 1. The topological polar surface area (TPSA) is 95.5 Å². The number of para-hydroxylation sites is 1. The summed E-state index contributed by atoms with van der Waals surface area (Å²) in [5, 5.41) is 12.5. The fourth-order valence-electron chi connectivity index (χ4n) is 2.37. The number of rotatable bonds is 5. The van der Waals surface area contributed by atoms with Gasteiger partial charge in [0.2, 0.25) is 0 Å². The van der Waals surface area contributed by atoms with Crippen LogP contribution in [0.15, 0.2) is 77.7 Å². The Morgan fingerprint density at radius 3 is 2.33 bits per heavy atom. The molecule has 0 bridgehead atoms. The van der Waals surface area contributed by atoms with Crippen molar-refractivity contribution in [3.63, 3.8) is 0 Å². The van der Waals surface area contributed by atoms with Crippen molar-refractivity contribution in [2.45, 2.75) is 4.90 Å². The third kappa shape index (κ3) is 4.58. The van der Waals surface area contributed by atoms with Crippen LogP contribution in [0.5, 0.6) is 5.75 Å². The monoisotopic (exact) mass is 402 g/mol. The number of hydrogen-bond acceptors (Lipinski definition) is 4. The number of phenolic OH excluding ortho intramolecular Hbond substituents is 1. The van der Waals surface area contributed by atoms with E-state index in [1.54, 1.807) is 24.3 Å². The van der Waals surface area contributed by atoms with E-state index in [2.05, 4.69) is 10.0 Å². The first-order valence-electron chi connectivity index (χ1n) is 7.83. The van der Waals surface area contributed by atoms with E-state index in [1.165, 1.54) is 48.5 Å². The number of sulfonamides is 1. The summed E-state index contributed by atoms with van der Waals surface area (Å²) in [5.41, 5.74) is 0.652. The normalized spacial score (nSPS) is 11.0. The molecule has 0 unspecified atom stereocenters. The lowest BCUT2D eigenvalue weighted by Crippen LogP contribution is -2.18. The highest BCUT2D eigenvalue weighted by Crippen LogP contribution is 2.23. The highest BCUT2D eigenvalue weighted by molar-refractivity contribution is 7.92. The van der Waals surface area contributed by atoms with Crippen molar-refractivity contribution in [1.29, 1.82) is 0 Å². The lowest BCUT2D eigenvalue weighted by molar-refractivity contribution is 0.102. The molecule has 3 aromatic rings. The van der Waals surface area contributed by atoms with E-state index in [-0.39, 0.29) is 21.9 Å². The molecule has 3 aromatic carbocycles. The number of benzene rings is 3. The highest BCUT2D eigenvalue weighted by Gasteiger charge is 2.18. The second-order valence-corrected chi connectivity index (χ2v) is 7.73. The Kier molecular flexibility index (Phi) is 5.34. The SMILES string of the molecule is O=C(Nc1cccc(O)c1)c1ccccc1NS(=O)(=O)c1ccc(Cl)cc1. The Morgan fingerprint density at radius 1 is 0.926 bits per heavy atom. The molecule has 138 valence electrons. The Bertz CT molecular complexity index is 1080. The summed E-state index contributed by atoms with van der Waals surface area (Å²) in [6.07, 6.45) is 0. The maximum Gasteiger partial charge on any atom is 0.261 e. The maximum atomic E-state index is 12.6. The first kappa shape index (κ1) is 18.8. The lowest BCUT2D eigenvalue weighted by Gasteiger charge is -2.13. The predicted molar refractivity (Wildman–Crippen MR) is 105 cm³/mol. The molecular formula is C19H15ClN2O4S. The fourth-order valence-corrected chi connectivity index (χ4v) is 3.58. The summed E-state index contributed by atoms with van der Waals surface area (Å²) < 4.78 is 27.6. The van der Waals surface area contributed by atoms with E-state index in [1.807, 2.05) is 0 Å². The minimum Gasteiger partial charge on any atom is -0.508 e. The van der Waals surface area contributed by atoms with Gasteiger partial charge in [0.1, 0.15) is 5.75 Å². The molecule has 0 saturated carbocycles. The zero-order valence-corrected chi connectivity index (χ0v) is 15.5. The molecule has 8 heteroatoms. The lowest BCUT2D eigenvalue weighted by atomic mass is 10.1. The van der Waals surface area contributed by atoms with Crippen LogP contribution in [-0.2, 0) is 10.0 Å². The van der Waals surface area contributed by atoms with Crippen molar-refractivity contribution >= 4 is 38.9 Å². The standard InChI is InChI=1S/C19H15ClN2O4S/c20-13-8-10-16(11-9-13)27(25,26)22-18-7-2-1-6-17(18)19(24)21-14-4-3-5-15(23)12-14/h1-12,22-23H,(H,21,24). The van der Waals surface area contributed by atoms with E-state index < -0.39 is 15.9 Å². The average Bonchev–Trinajstić information content (AvgIpc) is 2.62. The number of aromatic hydroxyl groups is 1. The molecule has 6 nitrogen and oxygen atoms in total. The predicted octanol–water partition coefficient (Wildman–Crippen LogP) is 4.10. The molecule has 1 amide bonds. The van der Waals surface area contributed by atoms with E-state index in [0.717, 1.165) is 0 Å². The van der Waals surface area contributed by atoms with Gasteiger partial charge in [-0.3, -0.25) is 9.52 Å². The van der Waals surface area contributed by atoms with Gasteiger partial charge in [-0.2, -0.15) is 0 Å². The quantitative estimate of drug-likeness (QED) is 0.598. The van der Waals surface area contributed by atoms with E-state index in [4.69, 9.17) is 11.6 Å². The molecule has 0 saturated heterocycles. The molecule has 0 spiro atoms. The first-order chi connectivity index (χ1) is 12.8. The van der Waals surface area contributed by atoms with Gasteiger partial charge < -0.3 is 10.4 Å². The van der Waals surface area contributed by atoms with Crippen molar-refractivity contribution in [3.8, 4) is 5.75 Å². The molecule has 0 heterocycles. The van der Waals surface area contributed by atoms with Gasteiger partial charge in [0.05, 0.1) is 16.1 Å². The highest BCUT2D eigenvalue weighted by atomic mass is 35.5. The molecule has 0 aliphatic heterocycles.